The van der Waals surface area contributed by atoms with Crippen molar-refractivity contribution in [3.05, 3.63) is 23.8 Å². The van der Waals surface area contributed by atoms with Crippen molar-refractivity contribution in [3.63, 3.8) is 0 Å². The smallest absolute Gasteiger partial charge is 0.140 e. The highest BCUT2D eigenvalue weighted by atomic mass is 35.5. The first-order chi connectivity index (χ1) is 4.75. The van der Waals surface area contributed by atoms with Crippen LogP contribution in [-0.4, -0.2) is 5.11 Å². The zero-order valence-electron chi connectivity index (χ0n) is 5.56. The van der Waals surface area contributed by atoms with Crippen LogP contribution in [0.15, 0.2) is 18.2 Å². The van der Waals surface area contributed by atoms with Crippen molar-refractivity contribution < 1.29 is 5.11 Å². The molecule has 1 aromatic carbocycles. The Labute approximate surface area is 64.6 Å². The fraction of sp³-hybridized carbons (Fsp3) is 0.143. The SMILES string of the molecule is Cc1cccc(O)c1NCl. The van der Waals surface area contributed by atoms with Crippen molar-refractivity contribution in [3.8, 4) is 5.75 Å². The zero-order chi connectivity index (χ0) is 7.56. The minimum Gasteiger partial charge on any atom is -0.506 e. The van der Waals surface area contributed by atoms with Gasteiger partial charge in [-0.3, -0.25) is 4.84 Å². The van der Waals surface area contributed by atoms with E-state index in [0.717, 1.165) is 5.56 Å². The second kappa shape index (κ2) is 2.80. The van der Waals surface area contributed by atoms with Crippen LogP contribution in [0, 0.1) is 6.92 Å². The van der Waals surface area contributed by atoms with E-state index in [9.17, 15) is 0 Å². The summed E-state index contributed by atoms with van der Waals surface area (Å²) in [4.78, 5) is 2.39. The van der Waals surface area contributed by atoms with Crippen molar-refractivity contribution >= 4 is 17.5 Å². The maximum atomic E-state index is 9.14. The monoisotopic (exact) mass is 157 g/mol. The van der Waals surface area contributed by atoms with Crippen LogP contribution in [0.25, 0.3) is 0 Å². The average Bonchev–Trinajstić information content (AvgIpc) is 1.88. The van der Waals surface area contributed by atoms with Gasteiger partial charge in [0.2, 0.25) is 0 Å². The number of aryl methyl sites for hydroxylation is 1. The second-order valence-corrected chi connectivity index (χ2v) is 2.25. The minimum absolute atomic E-state index is 0.176. The number of rotatable bonds is 1. The molecule has 0 aliphatic carbocycles. The van der Waals surface area contributed by atoms with Crippen LogP contribution in [0.4, 0.5) is 5.69 Å². The van der Waals surface area contributed by atoms with E-state index in [1.165, 1.54) is 0 Å². The Kier molecular flexibility index (Phi) is 2.02. The second-order valence-electron chi connectivity index (χ2n) is 2.06. The van der Waals surface area contributed by atoms with Gasteiger partial charge >= 0.3 is 0 Å². The quantitative estimate of drug-likeness (QED) is 0.484. The topological polar surface area (TPSA) is 32.3 Å². The van der Waals surface area contributed by atoms with E-state index in [1.54, 1.807) is 12.1 Å². The first kappa shape index (κ1) is 7.22. The highest BCUT2D eigenvalue weighted by Crippen LogP contribution is 2.26. The Hall–Kier alpha value is -0.890. The van der Waals surface area contributed by atoms with Crippen molar-refractivity contribution in [1.29, 1.82) is 0 Å². The lowest BCUT2D eigenvalue weighted by atomic mass is 10.2. The summed E-state index contributed by atoms with van der Waals surface area (Å²) in [5.41, 5.74) is 1.50. The number of phenolic OH excluding ortho intramolecular Hbond substituents is 1. The molecule has 0 aromatic heterocycles. The van der Waals surface area contributed by atoms with Crippen molar-refractivity contribution in [1.82, 2.24) is 0 Å². The number of hydrogen-bond acceptors (Lipinski definition) is 2. The number of phenols is 1. The maximum Gasteiger partial charge on any atom is 0.140 e. The molecule has 1 rings (SSSR count). The normalized spacial score (nSPS) is 9.40. The molecule has 0 radical (unpaired) electrons. The molecule has 0 aliphatic rings. The standard InChI is InChI=1S/C7H8ClNO/c1-5-3-2-4-6(10)7(5)9-8/h2-4,9-10H,1H3. The summed E-state index contributed by atoms with van der Waals surface area (Å²) in [6.07, 6.45) is 0. The molecular weight excluding hydrogens is 150 g/mol. The Morgan fingerprint density at radius 3 is 2.60 bits per heavy atom. The number of hydrogen-bond donors (Lipinski definition) is 2. The summed E-state index contributed by atoms with van der Waals surface area (Å²) >= 11 is 5.33. The number of para-hydroxylation sites is 1. The van der Waals surface area contributed by atoms with Gasteiger partial charge in [0.15, 0.2) is 0 Å². The molecule has 2 N–H and O–H groups in total. The van der Waals surface area contributed by atoms with Gasteiger partial charge in [-0.25, -0.2) is 0 Å². The van der Waals surface area contributed by atoms with Crippen molar-refractivity contribution in [2.75, 3.05) is 4.84 Å². The minimum atomic E-state index is 0.176. The molecule has 0 amide bonds. The Bertz CT molecular complexity index is 217. The lowest BCUT2D eigenvalue weighted by Gasteiger charge is -2.03. The van der Waals surface area contributed by atoms with E-state index < -0.39 is 0 Å². The summed E-state index contributed by atoms with van der Waals surface area (Å²) in [7, 11) is 0. The molecular formula is C7H8ClNO. The maximum absolute atomic E-state index is 9.14. The van der Waals surface area contributed by atoms with Crippen molar-refractivity contribution in [2.24, 2.45) is 0 Å². The van der Waals surface area contributed by atoms with Gasteiger partial charge in [0, 0.05) is 11.8 Å². The third-order valence-electron chi connectivity index (χ3n) is 1.35. The van der Waals surface area contributed by atoms with Crippen LogP contribution in [0.2, 0.25) is 0 Å². The molecule has 0 saturated carbocycles. The van der Waals surface area contributed by atoms with E-state index in [2.05, 4.69) is 4.84 Å². The molecule has 0 heterocycles. The van der Waals surface area contributed by atoms with Crippen LogP contribution < -0.4 is 4.84 Å². The summed E-state index contributed by atoms with van der Waals surface area (Å²) in [5.74, 6) is 0.176. The van der Waals surface area contributed by atoms with Gasteiger partial charge in [-0.2, -0.15) is 0 Å². The molecule has 0 saturated heterocycles. The summed E-state index contributed by atoms with van der Waals surface area (Å²) < 4.78 is 0. The van der Waals surface area contributed by atoms with E-state index in [-0.39, 0.29) is 5.75 Å². The zero-order valence-corrected chi connectivity index (χ0v) is 6.31. The number of benzene rings is 1. The number of halogens is 1. The number of nitrogens with one attached hydrogen (secondary N) is 1. The van der Waals surface area contributed by atoms with Gasteiger partial charge in [0.25, 0.3) is 0 Å². The average molecular weight is 158 g/mol. The van der Waals surface area contributed by atoms with E-state index in [4.69, 9.17) is 16.9 Å². The van der Waals surface area contributed by atoms with Gasteiger partial charge < -0.3 is 5.11 Å². The van der Waals surface area contributed by atoms with Gasteiger partial charge in [0.1, 0.15) is 5.75 Å². The van der Waals surface area contributed by atoms with E-state index in [1.807, 2.05) is 13.0 Å². The molecule has 10 heavy (non-hydrogen) atoms. The van der Waals surface area contributed by atoms with E-state index >= 15 is 0 Å². The fourth-order valence-corrected chi connectivity index (χ4v) is 1.02. The predicted molar refractivity (Wildman–Crippen MR) is 42.3 cm³/mol. The van der Waals surface area contributed by atoms with Gasteiger partial charge in [0.05, 0.1) is 5.69 Å². The molecule has 0 fully saturated rings. The highest BCUT2D eigenvalue weighted by Gasteiger charge is 2.00. The van der Waals surface area contributed by atoms with Crippen LogP contribution in [0.3, 0.4) is 0 Å². The molecule has 0 bridgehead atoms. The molecule has 0 unspecified atom stereocenters. The van der Waals surface area contributed by atoms with Gasteiger partial charge in [-0.05, 0) is 18.6 Å². The van der Waals surface area contributed by atoms with E-state index in [0.29, 0.717) is 5.69 Å². The van der Waals surface area contributed by atoms with Gasteiger partial charge in [-0.15, -0.1) is 0 Å². The molecule has 0 spiro atoms. The summed E-state index contributed by atoms with van der Waals surface area (Å²) in [6.45, 7) is 1.87. The Morgan fingerprint density at radius 2 is 2.20 bits per heavy atom. The Morgan fingerprint density at radius 1 is 1.50 bits per heavy atom. The highest BCUT2D eigenvalue weighted by molar-refractivity contribution is 6.24. The van der Waals surface area contributed by atoms with Crippen LogP contribution in [0.5, 0.6) is 5.75 Å². The molecule has 2 nitrogen and oxygen atoms in total. The first-order valence-corrected chi connectivity index (χ1v) is 3.28. The molecule has 1 aromatic rings. The molecule has 0 atom stereocenters. The number of aromatic hydroxyl groups is 1. The summed E-state index contributed by atoms with van der Waals surface area (Å²) in [6, 6.07) is 5.21. The first-order valence-electron chi connectivity index (χ1n) is 2.91. The van der Waals surface area contributed by atoms with Crippen LogP contribution in [-0.2, 0) is 0 Å². The third-order valence-corrected chi connectivity index (χ3v) is 1.53. The van der Waals surface area contributed by atoms with Gasteiger partial charge in [-0.1, -0.05) is 12.1 Å². The molecule has 54 valence electrons. The van der Waals surface area contributed by atoms with Crippen LogP contribution >= 0.6 is 11.8 Å². The van der Waals surface area contributed by atoms with Crippen molar-refractivity contribution in [2.45, 2.75) is 6.92 Å². The lowest BCUT2D eigenvalue weighted by Crippen LogP contribution is -1.84. The summed E-state index contributed by atoms with van der Waals surface area (Å²) in [5, 5.41) is 9.14. The number of anilines is 1. The molecule has 0 aliphatic heterocycles. The molecule has 3 heteroatoms. The predicted octanol–water partition coefficient (Wildman–Crippen LogP) is 2.27. The van der Waals surface area contributed by atoms with Crippen LogP contribution in [0.1, 0.15) is 5.56 Å². The Balaban J connectivity index is 3.17. The lowest BCUT2D eigenvalue weighted by molar-refractivity contribution is 0.477. The largest absolute Gasteiger partial charge is 0.506 e. The third kappa shape index (κ3) is 1.16. The fourth-order valence-electron chi connectivity index (χ4n) is 0.775.